The van der Waals surface area contributed by atoms with Crippen molar-refractivity contribution in [3.63, 3.8) is 0 Å². The highest BCUT2D eigenvalue weighted by Gasteiger charge is 2.35. The fourth-order valence-electron chi connectivity index (χ4n) is 2.59. The number of rotatable bonds is 4. The van der Waals surface area contributed by atoms with Gasteiger partial charge in [0.2, 0.25) is 0 Å². The number of nitrogen functional groups attached to an aromatic ring is 1. The molecular weight excluding hydrogens is 290 g/mol. The van der Waals surface area contributed by atoms with Gasteiger partial charge in [-0.05, 0) is 6.42 Å². The lowest BCUT2D eigenvalue weighted by atomic mass is 10.1. The van der Waals surface area contributed by atoms with Crippen LogP contribution in [0.5, 0.6) is 0 Å². The Morgan fingerprint density at radius 3 is 3.14 bits per heavy atom. The molecule has 0 radical (unpaired) electrons. The van der Waals surface area contributed by atoms with Crippen LogP contribution >= 0.6 is 0 Å². The molecule has 2 aromatic rings. The van der Waals surface area contributed by atoms with E-state index in [1.165, 1.54) is 13.4 Å². The van der Waals surface area contributed by atoms with Gasteiger partial charge in [-0.15, -0.1) is 0 Å². The van der Waals surface area contributed by atoms with Crippen LogP contribution in [0.25, 0.3) is 11.2 Å². The van der Waals surface area contributed by atoms with E-state index in [-0.39, 0.29) is 12.4 Å². The van der Waals surface area contributed by atoms with Crippen LogP contribution in [0, 0.1) is 0 Å². The molecule has 3 heterocycles. The molecule has 1 fully saturated rings. The van der Waals surface area contributed by atoms with Crippen molar-refractivity contribution in [2.45, 2.75) is 37.7 Å². The maximum atomic E-state index is 11.2. The van der Waals surface area contributed by atoms with Crippen molar-refractivity contribution in [1.29, 1.82) is 0 Å². The number of methoxy groups -OCH3 is 1. The van der Waals surface area contributed by atoms with Gasteiger partial charge in [-0.25, -0.2) is 15.0 Å². The zero-order chi connectivity index (χ0) is 15.7. The minimum atomic E-state index is -0.661. The maximum Gasteiger partial charge on any atom is 0.305 e. The molecule has 0 amide bonds. The summed E-state index contributed by atoms with van der Waals surface area (Å²) in [6.07, 6.45) is 2.41. The predicted molar refractivity (Wildman–Crippen MR) is 75.5 cm³/mol. The minimum Gasteiger partial charge on any atom is -0.469 e. The molecule has 3 N–H and O–H groups in total. The molecule has 0 bridgehead atoms. The highest BCUT2D eigenvalue weighted by molar-refractivity contribution is 5.81. The topological polar surface area (TPSA) is 125 Å². The number of aliphatic hydroxyl groups is 1. The third-order valence-electron chi connectivity index (χ3n) is 3.76. The Balaban J connectivity index is 1.76. The summed E-state index contributed by atoms with van der Waals surface area (Å²) < 4.78 is 12.1. The van der Waals surface area contributed by atoms with Crippen LogP contribution in [-0.4, -0.2) is 49.9 Å². The molecule has 9 heteroatoms. The molecule has 1 aliphatic heterocycles. The van der Waals surface area contributed by atoms with E-state index >= 15 is 0 Å². The van der Waals surface area contributed by atoms with E-state index < -0.39 is 18.4 Å². The first kappa shape index (κ1) is 14.7. The van der Waals surface area contributed by atoms with E-state index in [1.807, 2.05) is 0 Å². The number of esters is 1. The van der Waals surface area contributed by atoms with E-state index in [4.69, 9.17) is 10.5 Å². The summed E-state index contributed by atoms with van der Waals surface area (Å²) >= 11 is 0. The van der Waals surface area contributed by atoms with Crippen LogP contribution in [-0.2, 0) is 14.3 Å². The Bertz CT molecular complexity index is 688. The lowest BCUT2D eigenvalue weighted by Gasteiger charge is -2.15. The van der Waals surface area contributed by atoms with Gasteiger partial charge in [0.15, 0.2) is 11.5 Å². The fraction of sp³-hybridized carbons (Fsp3) is 0.538. The molecule has 0 unspecified atom stereocenters. The van der Waals surface area contributed by atoms with Crippen molar-refractivity contribution >= 4 is 23.0 Å². The molecule has 9 nitrogen and oxygen atoms in total. The highest BCUT2D eigenvalue weighted by Crippen LogP contribution is 2.33. The maximum absolute atomic E-state index is 11.2. The van der Waals surface area contributed by atoms with Gasteiger partial charge in [-0.2, -0.15) is 0 Å². The number of aromatic nitrogens is 4. The summed E-state index contributed by atoms with van der Waals surface area (Å²) in [7, 11) is 1.33. The van der Waals surface area contributed by atoms with E-state index in [0.29, 0.717) is 29.8 Å². The number of nitrogens with two attached hydrogens (primary N) is 1. The van der Waals surface area contributed by atoms with E-state index in [9.17, 15) is 9.90 Å². The molecule has 22 heavy (non-hydrogen) atoms. The Morgan fingerprint density at radius 1 is 1.55 bits per heavy atom. The lowest BCUT2D eigenvalue weighted by molar-refractivity contribution is -0.141. The summed E-state index contributed by atoms with van der Waals surface area (Å²) in [6.45, 7) is 0. The second kappa shape index (κ2) is 5.85. The van der Waals surface area contributed by atoms with Crippen LogP contribution in [0.4, 0.5) is 5.82 Å². The summed E-state index contributed by atoms with van der Waals surface area (Å²) in [4.78, 5) is 23.4. The van der Waals surface area contributed by atoms with E-state index in [1.54, 1.807) is 10.9 Å². The molecule has 118 valence electrons. The number of ether oxygens (including phenoxy) is 2. The highest BCUT2D eigenvalue weighted by atomic mass is 16.5. The van der Waals surface area contributed by atoms with Crippen LogP contribution in [0.3, 0.4) is 0 Å². The number of hydrogen-bond acceptors (Lipinski definition) is 8. The second-order valence-corrected chi connectivity index (χ2v) is 5.13. The van der Waals surface area contributed by atoms with Gasteiger partial charge in [0.05, 0.1) is 25.6 Å². The fourth-order valence-corrected chi connectivity index (χ4v) is 2.59. The molecule has 2 aromatic heterocycles. The number of hydrogen-bond donors (Lipinski definition) is 2. The molecule has 0 saturated carbocycles. The largest absolute Gasteiger partial charge is 0.469 e. The number of carbonyl (C=O) groups is 1. The SMILES string of the molecule is COC(=O)CC[C@H]1O[C@@H](n2cnc3c(N)ncnc32)C[C@@H]1O. The predicted octanol–water partition coefficient (Wildman–Crippen LogP) is 0.0101. The van der Waals surface area contributed by atoms with Crippen LogP contribution < -0.4 is 5.73 Å². The van der Waals surface area contributed by atoms with Crippen molar-refractivity contribution in [1.82, 2.24) is 19.5 Å². The zero-order valence-electron chi connectivity index (χ0n) is 12.0. The van der Waals surface area contributed by atoms with Crippen molar-refractivity contribution in [2.75, 3.05) is 12.8 Å². The number of anilines is 1. The first-order chi connectivity index (χ1) is 10.6. The normalized spacial score (nSPS) is 24.7. The molecular formula is C13H17N5O4. The van der Waals surface area contributed by atoms with Gasteiger partial charge in [0.25, 0.3) is 0 Å². The number of nitrogens with zero attached hydrogens (tertiary/aromatic N) is 4. The average molecular weight is 307 g/mol. The second-order valence-electron chi connectivity index (χ2n) is 5.13. The van der Waals surface area contributed by atoms with Gasteiger partial charge in [-0.1, -0.05) is 0 Å². The standard InChI is InChI=1S/C13H17N5O4/c1-21-10(20)3-2-8-7(19)4-9(22-8)18-6-17-11-12(14)15-5-16-13(11)18/h5-9,19H,2-4H2,1H3,(H2,14,15,16)/t7-,8+,9+/m0/s1. The Labute approximate surface area is 126 Å². The molecule has 0 spiro atoms. The van der Waals surface area contributed by atoms with Crippen LogP contribution in [0.15, 0.2) is 12.7 Å². The first-order valence-electron chi connectivity index (χ1n) is 6.93. The van der Waals surface area contributed by atoms with Crippen molar-refractivity contribution in [3.05, 3.63) is 12.7 Å². The molecule has 1 saturated heterocycles. The Hall–Kier alpha value is -2.26. The van der Waals surface area contributed by atoms with E-state index in [2.05, 4.69) is 19.7 Å². The van der Waals surface area contributed by atoms with Gasteiger partial charge in [0, 0.05) is 12.8 Å². The Kier molecular flexibility index (Phi) is 3.90. The number of fused-ring (bicyclic) bond motifs is 1. The molecule has 3 rings (SSSR count). The van der Waals surface area contributed by atoms with Gasteiger partial charge in [0.1, 0.15) is 18.1 Å². The van der Waals surface area contributed by atoms with Crippen molar-refractivity contribution < 1.29 is 19.4 Å². The third-order valence-corrected chi connectivity index (χ3v) is 3.76. The molecule has 0 aromatic carbocycles. The summed E-state index contributed by atoms with van der Waals surface area (Å²) in [6, 6.07) is 0. The van der Waals surface area contributed by atoms with Crippen LogP contribution in [0.2, 0.25) is 0 Å². The van der Waals surface area contributed by atoms with Gasteiger partial charge < -0.3 is 20.3 Å². The molecule has 0 aliphatic carbocycles. The minimum absolute atomic E-state index is 0.199. The number of carbonyl (C=O) groups excluding carboxylic acids is 1. The van der Waals surface area contributed by atoms with Crippen LogP contribution in [0.1, 0.15) is 25.5 Å². The van der Waals surface area contributed by atoms with Gasteiger partial charge in [-0.3, -0.25) is 9.36 Å². The summed E-state index contributed by atoms with van der Waals surface area (Å²) in [5, 5.41) is 10.1. The smallest absolute Gasteiger partial charge is 0.305 e. The summed E-state index contributed by atoms with van der Waals surface area (Å²) in [5.74, 6) is -0.0302. The zero-order valence-corrected chi connectivity index (χ0v) is 12.0. The molecule has 1 aliphatic rings. The first-order valence-corrected chi connectivity index (χ1v) is 6.93. The lowest BCUT2D eigenvalue weighted by Crippen LogP contribution is -2.22. The summed E-state index contributed by atoms with van der Waals surface area (Å²) in [5.41, 5.74) is 6.80. The van der Waals surface area contributed by atoms with E-state index in [0.717, 1.165) is 0 Å². The average Bonchev–Trinajstić information content (AvgIpc) is 3.09. The molecule has 3 atom stereocenters. The quantitative estimate of drug-likeness (QED) is 0.757. The Morgan fingerprint density at radius 2 is 2.36 bits per heavy atom. The number of imidazole rings is 1. The van der Waals surface area contributed by atoms with Gasteiger partial charge >= 0.3 is 5.97 Å². The van der Waals surface area contributed by atoms with Crippen molar-refractivity contribution in [2.24, 2.45) is 0 Å². The number of aliphatic hydroxyl groups excluding tert-OH is 1. The van der Waals surface area contributed by atoms with Crippen molar-refractivity contribution in [3.8, 4) is 0 Å². The third kappa shape index (κ3) is 2.60. The monoisotopic (exact) mass is 307 g/mol.